The van der Waals surface area contributed by atoms with Crippen LogP contribution in [0.2, 0.25) is 0 Å². The molecule has 0 rings (SSSR count). The number of allylic oxidation sites excluding steroid dienone is 1. The fourth-order valence-corrected chi connectivity index (χ4v) is 0.704. The first kappa shape index (κ1) is 13.1. The summed E-state index contributed by atoms with van der Waals surface area (Å²) in [6.45, 7) is 4.28. The summed E-state index contributed by atoms with van der Waals surface area (Å²) in [4.78, 5) is 5.06. The molecule has 0 aromatic rings. The largest absolute Gasteiger partial charge is 0.343 e. The van der Waals surface area contributed by atoms with Gasteiger partial charge in [0.25, 0.3) is 0 Å². The Labute approximate surface area is 88.0 Å². The van der Waals surface area contributed by atoms with Gasteiger partial charge in [-0.3, -0.25) is 5.41 Å². The van der Waals surface area contributed by atoms with E-state index < -0.39 is 5.83 Å². The van der Waals surface area contributed by atoms with E-state index in [9.17, 15) is 4.39 Å². The van der Waals surface area contributed by atoms with Gasteiger partial charge in [0.15, 0.2) is 11.0 Å². The van der Waals surface area contributed by atoms with Crippen LogP contribution in [0, 0.1) is 5.41 Å². The lowest BCUT2D eigenvalue weighted by Crippen LogP contribution is -2.31. The quantitative estimate of drug-likeness (QED) is 0.553. The highest BCUT2D eigenvalue weighted by Crippen LogP contribution is 2.02. The van der Waals surface area contributed by atoms with Crippen molar-refractivity contribution in [2.24, 2.45) is 4.99 Å². The molecule has 0 fully saturated rings. The van der Waals surface area contributed by atoms with Crippen molar-refractivity contribution in [1.29, 1.82) is 5.41 Å². The summed E-state index contributed by atoms with van der Waals surface area (Å²) < 4.78 is 12.4. The standard InChI is InChI=1S/C8H14ClFN4/c1-6(10)7(9)13-8(11)14(3)5-4-12-2/h11-12H,1,4-5H2,2-3H3/b11-8?,13-7+. The number of halogens is 2. The van der Waals surface area contributed by atoms with E-state index in [0.717, 1.165) is 0 Å². The molecular weight excluding hydrogens is 207 g/mol. The molecule has 0 saturated carbocycles. The Balaban J connectivity index is 4.19. The monoisotopic (exact) mass is 220 g/mol. The first-order valence-corrected chi connectivity index (χ1v) is 4.40. The normalized spacial score (nSPS) is 11.3. The number of nitrogens with zero attached hydrogens (tertiary/aromatic N) is 2. The van der Waals surface area contributed by atoms with Crippen LogP contribution >= 0.6 is 11.6 Å². The Kier molecular flexibility index (Phi) is 6.07. The molecule has 0 saturated heterocycles. The van der Waals surface area contributed by atoms with Crippen LogP contribution in [-0.4, -0.2) is 43.2 Å². The maximum absolute atomic E-state index is 12.4. The molecule has 80 valence electrons. The zero-order valence-corrected chi connectivity index (χ0v) is 9.03. The van der Waals surface area contributed by atoms with Gasteiger partial charge in [-0.25, -0.2) is 4.39 Å². The fraction of sp³-hybridized carbons (Fsp3) is 0.500. The predicted octanol–water partition coefficient (Wildman–Crippen LogP) is 1.19. The summed E-state index contributed by atoms with van der Waals surface area (Å²) in [7, 11) is 3.48. The average Bonchev–Trinajstić information content (AvgIpc) is 2.13. The Hall–Kier alpha value is -0.940. The van der Waals surface area contributed by atoms with Crippen molar-refractivity contribution in [3.63, 3.8) is 0 Å². The van der Waals surface area contributed by atoms with Crippen molar-refractivity contribution in [2.75, 3.05) is 27.2 Å². The van der Waals surface area contributed by atoms with Crippen molar-refractivity contribution in [3.05, 3.63) is 12.4 Å². The first-order valence-electron chi connectivity index (χ1n) is 4.02. The van der Waals surface area contributed by atoms with Crippen molar-refractivity contribution in [1.82, 2.24) is 10.2 Å². The molecule has 0 aliphatic carbocycles. The second kappa shape index (κ2) is 6.50. The van der Waals surface area contributed by atoms with E-state index in [4.69, 9.17) is 17.0 Å². The lowest BCUT2D eigenvalue weighted by atomic mass is 10.5. The van der Waals surface area contributed by atoms with E-state index in [0.29, 0.717) is 13.1 Å². The molecule has 2 N–H and O–H groups in total. The molecule has 0 heterocycles. The van der Waals surface area contributed by atoms with Crippen molar-refractivity contribution >= 4 is 22.7 Å². The highest BCUT2D eigenvalue weighted by Gasteiger charge is 2.05. The summed E-state index contributed by atoms with van der Waals surface area (Å²) in [5.74, 6) is -0.928. The van der Waals surface area contributed by atoms with Crippen LogP contribution in [0.5, 0.6) is 0 Å². The molecule has 6 heteroatoms. The van der Waals surface area contributed by atoms with Crippen LogP contribution in [0.1, 0.15) is 0 Å². The van der Waals surface area contributed by atoms with E-state index >= 15 is 0 Å². The molecule has 14 heavy (non-hydrogen) atoms. The Morgan fingerprint density at radius 2 is 2.29 bits per heavy atom. The number of rotatable bonds is 4. The third-order valence-corrected chi connectivity index (χ3v) is 1.78. The molecule has 4 nitrogen and oxygen atoms in total. The number of hydrogen-bond donors (Lipinski definition) is 2. The van der Waals surface area contributed by atoms with Crippen LogP contribution in [-0.2, 0) is 0 Å². The van der Waals surface area contributed by atoms with E-state index in [1.165, 1.54) is 0 Å². The predicted molar refractivity (Wildman–Crippen MR) is 57.8 cm³/mol. The molecule has 0 aliphatic rings. The van der Waals surface area contributed by atoms with E-state index in [1.54, 1.807) is 19.0 Å². The summed E-state index contributed by atoms with van der Waals surface area (Å²) >= 11 is 5.38. The van der Waals surface area contributed by atoms with Crippen molar-refractivity contribution in [3.8, 4) is 0 Å². The van der Waals surface area contributed by atoms with Gasteiger partial charge in [0.1, 0.15) is 0 Å². The molecule has 0 aliphatic heterocycles. The van der Waals surface area contributed by atoms with E-state index in [2.05, 4.69) is 16.9 Å². The Bertz CT molecular complexity index is 252. The number of aliphatic imine (C=N–C) groups is 1. The minimum atomic E-state index is -0.835. The Morgan fingerprint density at radius 3 is 2.71 bits per heavy atom. The van der Waals surface area contributed by atoms with E-state index in [1.807, 2.05) is 0 Å². The summed E-state index contributed by atoms with van der Waals surface area (Å²) in [6, 6.07) is 0. The van der Waals surface area contributed by atoms with Gasteiger partial charge in [-0.1, -0.05) is 18.2 Å². The molecule has 0 unspecified atom stereocenters. The second-order valence-corrected chi connectivity index (χ2v) is 3.01. The molecule has 0 spiro atoms. The van der Waals surface area contributed by atoms with Crippen molar-refractivity contribution in [2.45, 2.75) is 0 Å². The zero-order chi connectivity index (χ0) is 11.1. The number of guanidine groups is 1. The number of nitrogens with one attached hydrogen (secondary N) is 2. The van der Waals surface area contributed by atoms with Crippen molar-refractivity contribution < 1.29 is 4.39 Å². The van der Waals surface area contributed by atoms with Gasteiger partial charge in [0.05, 0.1) is 0 Å². The van der Waals surface area contributed by atoms with Crippen LogP contribution in [0.3, 0.4) is 0 Å². The fourth-order valence-electron chi connectivity index (χ4n) is 0.624. The molecule has 0 radical (unpaired) electrons. The molecule has 0 atom stereocenters. The minimum Gasteiger partial charge on any atom is -0.343 e. The number of likely N-dealkylation sites (N-methyl/N-ethyl adjacent to an activating group) is 2. The molecule has 0 amide bonds. The Morgan fingerprint density at radius 1 is 1.71 bits per heavy atom. The zero-order valence-electron chi connectivity index (χ0n) is 8.27. The smallest absolute Gasteiger partial charge is 0.219 e. The maximum Gasteiger partial charge on any atom is 0.219 e. The summed E-state index contributed by atoms with van der Waals surface area (Å²) in [5, 5.41) is 9.95. The lowest BCUT2D eigenvalue weighted by Gasteiger charge is -2.16. The molecule has 0 aromatic heterocycles. The third kappa shape index (κ3) is 4.94. The first-order chi connectivity index (χ1) is 6.49. The summed E-state index contributed by atoms with van der Waals surface area (Å²) in [5.41, 5.74) is 0. The lowest BCUT2D eigenvalue weighted by molar-refractivity contribution is 0.487. The molecular formula is C8H14ClFN4. The average molecular weight is 221 g/mol. The van der Waals surface area contributed by atoms with Gasteiger partial charge in [-0.05, 0) is 7.05 Å². The van der Waals surface area contributed by atoms with Gasteiger partial charge in [0, 0.05) is 20.1 Å². The summed E-state index contributed by atoms with van der Waals surface area (Å²) in [6.07, 6.45) is 0. The maximum atomic E-state index is 12.4. The van der Waals surface area contributed by atoms with Crippen LogP contribution < -0.4 is 5.32 Å². The third-order valence-electron chi connectivity index (χ3n) is 1.49. The van der Waals surface area contributed by atoms with E-state index in [-0.39, 0.29) is 11.1 Å². The SMILES string of the molecule is C=C(F)/C(Cl)=N\C(=N)N(C)CCNC. The highest BCUT2D eigenvalue weighted by atomic mass is 35.5. The molecule has 0 aromatic carbocycles. The van der Waals surface area contributed by atoms with Crippen LogP contribution in [0.15, 0.2) is 17.4 Å². The topological polar surface area (TPSA) is 51.5 Å². The number of hydrogen-bond acceptors (Lipinski definition) is 2. The second-order valence-electron chi connectivity index (χ2n) is 2.66. The highest BCUT2D eigenvalue weighted by molar-refractivity contribution is 6.69. The van der Waals surface area contributed by atoms with Crippen LogP contribution in [0.25, 0.3) is 0 Å². The van der Waals surface area contributed by atoms with Gasteiger partial charge in [-0.15, -0.1) is 0 Å². The van der Waals surface area contributed by atoms with Gasteiger partial charge in [0.2, 0.25) is 5.96 Å². The molecule has 0 bridgehead atoms. The van der Waals surface area contributed by atoms with Crippen LogP contribution in [0.4, 0.5) is 4.39 Å². The minimum absolute atomic E-state index is 0.0935. The van der Waals surface area contributed by atoms with Gasteiger partial charge in [-0.2, -0.15) is 4.99 Å². The van der Waals surface area contributed by atoms with Gasteiger partial charge >= 0.3 is 0 Å². The van der Waals surface area contributed by atoms with Gasteiger partial charge < -0.3 is 10.2 Å².